The molecule has 1 amide bonds. The summed E-state index contributed by atoms with van der Waals surface area (Å²) in [5.74, 6) is -0.756. The monoisotopic (exact) mass is 259 g/mol. The molecule has 96 valence electrons. The molecule has 0 spiro atoms. The Morgan fingerprint density at radius 1 is 1.47 bits per heavy atom. The molecule has 6 nitrogen and oxygen atoms in total. The summed E-state index contributed by atoms with van der Waals surface area (Å²) in [4.78, 5) is 11.6. The Morgan fingerprint density at radius 3 is 2.47 bits per heavy atom. The molecule has 1 N–H and O–H groups in total. The molecule has 0 atom stereocenters. The second kappa shape index (κ2) is 4.48. The minimum absolute atomic E-state index is 0.105. The highest BCUT2D eigenvalue weighted by Crippen LogP contribution is 2.15. The van der Waals surface area contributed by atoms with Crippen molar-refractivity contribution in [1.29, 1.82) is 0 Å². The van der Waals surface area contributed by atoms with E-state index in [-0.39, 0.29) is 11.3 Å². The maximum absolute atomic E-state index is 11.7. The van der Waals surface area contributed by atoms with Gasteiger partial charge in [-0.1, -0.05) is 20.8 Å². The van der Waals surface area contributed by atoms with E-state index >= 15 is 0 Å². The first-order chi connectivity index (χ1) is 7.59. The van der Waals surface area contributed by atoms with Gasteiger partial charge in [-0.15, -0.1) is 0 Å². The standard InChI is InChI=1S/C10H17N3O3S/c1-10(2,3)7-17(15,16)12-9(14)8-5-11-13(4)6-8/h5-6H,7H2,1-4H3,(H,12,14). The van der Waals surface area contributed by atoms with Gasteiger partial charge in [0.1, 0.15) is 0 Å². The fourth-order valence-electron chi connectivity index (χ4n) is 1.34. The molecule has 1 aromatic rings. The van der Waals surface area contributed by atoms with Gasteiger partial charge >= 0.3 is 0 Å². The number of sulfonamides is 1. The van der Waals surface area contributed by atoms with Crippen molar-refractivity contribution in [1.82, 2.24) is 14.5 Å². The van der Waals surface area contributed by atoms with Gasteiger partial charge in [0.2, 0.25) is 10.0 Å². The molecule has 0 aromatic carbocycles. The van der Waals surface area contributed by atoms with E-state index in [0.29, 0.717) is 0 Å². The number of hydrogen-bond donors (Lipinski definition) is 1. The largest absolute Gasteiger partial charge is 0.275 e. The summed E-state index contributed by atoms with van der Waals surface area (Å²) in [6, 6.07) is 0. The third-order valence-corrected chi connectivity index (χ3v) is 3.58. The van der Waals surface area contributed by atoms with Gasteiger partial charge in [-0.25, -0.2) is 13.1 Å². The van der Waals surface area contributed by atoms with Crippen LogP contribution in [0, 0.1) is 5.41 Å². The lowest BCUT2D eigenvalue weighted by molar-refractivity contribution is 0.0981. The highest BCUT2D eigenvalue weighted by Gasteiger charge is 2.24. The maximum atomic E-state index is 11.7. The summed E-state index contributed by atoms with van der Waals surface area (Å²) in [6.07, 6.45) is 2.78. The van der Waals surface area contributed by atoms with Crippen LogP contribution in [0.4, 0.5) is 0 Å². The summed E-state index contributed by atoms with van der Waals surface area (Å²) >= 11 is 0. The summed E-state index contributed by atoms with van der Waals surface area (Å²) in [7, 11) is -1.96. The van der Waals surface area contributed by atoms with E-state index < -0.39 is 21.3 Å². The van der Waals surface area contributed by atoms with Crippen molar-refractivity contribution in [2.24, 2.45) is 12.5 Å². The van der Waals surface area contributed by atoms with E-state index in [2.05, 4.69) is 5.10 Å². The first-order valence-electron chi connectivity index (χ1n) is 5.12. The number of amides is 1. The van der Waals surface area contributed by atoms with Gasteiger partial charge in [-0.05, 0) is 5.41 Å². The maximum Gasteiger partial charge on any atom is 0.267 e. The molecule has 7 heteroatoms. The summed E-state index contributed by atoms with van der Waals surface area (Å²) in [6.45, 7) is 5.38. The molecular formula is C10H17N3O3S. The minimum atomic E-state index is -3.61. The van der Waals surface area contributed by atoms with Crippen LogP contribution >= 0.6 is 0 Å². The summed E-state index contributed by atoms with van der Waals surface area (Å²) < 4.78 is 26.8. The molecule has 0 aliphatic rings. The number of aryl methyl sites for hydroxylation is 1. The van der Waals surface area contributed by atoms with E-state index in [0.717, 1.165) is 0 Å². The van der Waals surface area contributed by atoms with Gasteiger partial charge < -0.3 is 0 Å². The van der Waals surface area contributed by atoms with Gasteiger partial charge in [0, 0.05) is 13.2 Å². The van der Waals surface area contributed by atoms with Crippen LogP contribution in [0.2, 0.25) is 0 Å². The van der Waals surface area contributed by atoms with Gasteiger partial charge in [0.15, 0.2) is 0 Å². The van der Waals surface area contributed by atoms with Crippen LogP contribution in [0.5, 0.6) is 0 Å². The molecule has 0 aliphatic carbocycles. The molecule has 0 aliphatic heterocycles. The molecule has 0 unspecified atom stereocenters. The topological polar surface area (TPSA) is 81.1 Å². The van der Waals surface area contributed by atoms with Crippen molar-refractivity contribution in [3.63, 3.8) is 0 Å². The molecule has 0 saturated heterocycles. The Labute approximate surface area is 101 Å². The number of rotatable bonds is 3. The molecule has 17 heavy (non-hydrogen) atoms. The lowest BCUT2D eigenvalue weighted by Crippen LogP contribution is -2.36. The van der Waals surface area contributed by atoms with E-state index in [1.165, 1.54) is 17.1 Å². The van der Waals surface area contributed by atoms with Crippen LogP contribution in [0.1, 0.15) is 31.1 Å². The number of nitrogens with zero attached hydrogens (tertiary/aromatic N) is 2. The second-order valence-electron chi connectivity index (χ2n) is 5.15. The van der Waals surface area contributed by atoms with Gasteiger partial charge in [-0.3, -0.25) is 9.48 Å². The Morgan fingerprint density at radius 2 is 2.06 bits per heavy atom. The van der Waals surface area contributed by atoms with Crippen LogP contribution < -0.4 is 4.72 Å². The summed E-state index contributed by atoms with van der Waals surface area (Å²) in [5.41, 5.74) is -0.175. The van der Waals surface area contributed by atoms with Crippen molar-refractivity contribution >= 4 is 15.9 Å². The number of nitrogens with one attached hydrogen (secondary N) is 1. The Kier molecular flexibility index (Phi) is 3.61. The Balaban J connectivity index is 2.75. The highest BCUT2D eigenvalue weighted by atomic mass is 32.2. The smallest absolute Gasteiger partial charge is 0.267 e. The molecule has 1 heterocycles. The zero-order valence-corrected chi connectivity index (χ0v) is 11.2. The third-order valence-electron chi connectivity index (χ3n) is 1.84. The fraction of sp³-hybridized carbons (Fsp3) is 0.600. The SMILES string of the molecule is Cn1cc(C(=O)NS(=O)(=O)CC(C)(C)C)cn1. The van der Waals surface area contributed by atoms with Crippen molar-refractivity contribution in [2.75, 3.05) is 5.75 Å². The van der Waals surface area contributed by atoms with Gasteiger partial charge in [0.25, 0.3) is 5.91 Å². The number of carbonyl (C=O) groups is 1. The predicted molar refractivity (Wildman–Crippen MR) is 63.9 cm³/mol. The van der Waals surface area contributed by atoms with Crippen molar-refractivity contribution in [3.8, 4) is 0 Å². The molecule has 0 saturated carbocycles. The Bertz CT molecular complexity index is 511. The lowest BCUT2D eigenvalue weighted by atomic mass is 10.0. The zero-order chi connectivity index (χ0) is 13.3. The summed E-state index contributed by atoms with van der Waals surface area (Å²) in [5, 5.41) is 3.80. The molecular weight excluding hydrogens is 242 g/mol. The number of hydrogen-bond acceptors (Lipinski definition) is 4. The number of carbonyl (C=O) groups excluding carboxylic acids is 1. The van der Waals surface area contributed by atoms with Gasteiger partial charge in [0.05, 0.1) is 17.5 Å². The quantitative estimate of drug-likeness (QED) is 0.858. The van der Waals surface area contributed by atoms with Crippen LogP contribution in [-0.4, -0.2) is 29.9 Å². The predicted octanol–water partition coefficient (Wildman–Crippen LogP) is 0.526. The molecule has 0 bridgehead atoms. The van der Waals surface area contributed by atoms with Crippen LogP contribution in [0.25, 0.3) is 0 Å². The van der Waals surface area contributed by atoms with E-state index in [4.69, 9.17) is 0 Å². The lowest BCUT2D eigenvalue weighted by Gasteiger charge is -2.17. The van der Waals surface area contributed by atoms with Crippen LogP contribution in [0.15, 0.2) is 12.4 Å². The van der Waals surface area contributed by atoms with E-state index in [9.17, 15) is 13.2 Å². The Hall–Kier alpha value is -1.37. The molecule has 1 aromatic heterocycles. The second-order valence-corrected chi connectivity index (χ2v) is 6.88. The van der Waals surface area contributed by atoms with Crippen molar-refractivity contribution in [2.45, 2.75) is 20.8 Å². The van der Waals surface area contributed by atoms with E-state index in [1.54, 1.807) is 27.8 Å². The normalized spacial score (nSPS) is 12.5. The number of aromatic nitrogens is 2. The molecule has 0 fully saturated rings. The average Bonchev–Trinajstić information content (AvgIpc) is 2.45. The van der Waals surface area contributed by atoms with Crippen molar-refractivity contribution < 1.29 is 13.2 Å². The first-order valence-corrected chi connectivity index (χ1v) is 6.78. The van der Waals surface area contributed by atoms with Crippen molar-refractivity contribution in [3.05, 3.63) is 18.0 Å². The molecule has 1 rings (SSSR count). The van der Waals surface area contributed by atoms with E-state index in [1.807, 2.05) is 4.72 Å². The van der Waals surface area contributed by atoms with Gasteiger partial charge in [-0.2, -0.15) is 5.10 Å². The highest BCUT2D eigenvalue weighted by molar-refractivity contribution is 7.90. The third kappa shape index (κ3) is 4.56. The minimum Gasteiger partial charge on any atom is -0.275 e. The fourth-order valence-corrected chi connectivity index (χ4v) is 2.96. The van der Waals surface area contributed by atoms with Crippen LogP contribution in [0.3, 0.4) is 0 Å². The molecule has 0 radical (unpaired) electrons. The first kappa shape index (κ1) is 13.7. The zero-order valence-electron chi connectivity index (χ0n) is 10.4. The van der Waals surface area contributed by atoms with Crippen LogP contribution in [-0.2, 0) is 17.1 Å². The average molecular weight is 259 g/mol.